The molecule has 0 aromatic heterocycles. The third-order valence-electron chi connectivity index (χ3n) is 1.74. The summed E-state index contributed by atoms with van der Waals surface area (Å²) in [7, 11) is 1.37. The summed E-state index contributed by atoms with van der Waals surface area (Å²) in [6, 6.07) is 0. The molecule has 0 saturated carbocycles. The Labute approximate surface area is 106 Å². The van der Waals surface area contributed by atoms with E-state index in [9.17, 15) is 9.18 Å². The van der Waals surface area contributed by atoms with Crippen LogP contribution in [0.15, 0.2) is 4.40 Å². The number of amides is 1. The van der Waals surface area contributed by atoms with Crippen LogP contribution in [0.2, 0.25) is 0 Å². The van der Waals surface area contributed by atoms with E-state index in [0.29, 0.717) is 5.92 Å². The van der Waals surface area contributed by atoms with Gasteiger partial charge >= 0.3 is 6.16 Å². The Morgan fingerprint density at radius 3 is 2.56 bits per heavy atom. The van der Waals surface area contributed by atoms with Gasteiger partial charge in [0.25, 0.3) is 0 Å². The zero-order chi connectivity index (χ0) is 12.6. The minimum absolute atomic E-state index is 0.303. The molecule has 3 nitrogen and oxygen atoms in total. The summed E-state index contributed by atoms with van der Waals surface area (Å²) in [4.78, 5) is 10.3. The molecule has 0 aliphatic rings. The van der Waals surface area contributed by atoms with Gasteiger partial charge < -0.3 is 0 Å². The van der Waals surface area contributed by atoms with Crippen molar-refractivity contribution in [1.82, 2.24) is 4.31 Å². The predicted molar refractivity (Wildman–Crippen MR) is 71.5 cm³/mol. The number of thioether (sulfide) groups is 1. The Bertz CT molecular complexity index is 247. The van der Waals surface area contributed by atoms with E-state index in [0.717, 1.165) is 40.1 Å². The van der Waals surface area contributed by atoms with E-state index in [1.54, 1.807) is 11.8 Å². The summed E-state index contributed by atoms with van der Waals surface area (Å²) < 4.78 is 17.3. The first kappa shape index (κ1) is 15.8. The first-order valence-corrected chi connectivity index (χ1v) is 7.01. The molecule has 1 amide bonds. The number of unbranched alkanes of at least 4 members (excludes halogenated alkanes) is 1. The number of hydrogen-bond donors (Lipinski definition) is 0. The van der Waals surface area contributed by atoms with E-state index in [-0.39, 0.29) is 0 Å². The highest BCUT2D eigenvalue weighted by Gasteiger charge is 2.10. The van der Waals surface area contributed by atoms with E-state index in [1.165, 1.54) is 7.05 Å². The van der Waals surface area contributed by atoms with Gasteiger partial charge in [0.1, 0.15) is 0 Å². The lowest BCUT2D eigenvalue weighted by atomic mass is 10.2. The van der Waals surface area contributed by atoms with Crippen LogP contribution < -0.4 is 0 Å². The molecule has 0 bridgehead atoms. The van der Waals surface area contributed by atoms with E-state index in [1.807, 2.05) is 13.8 Å². The fourth-order valence-electron chi connectivity index (χ4n) is 0.753. The van der Waals surface area contributed by atoms with Crippen LogP contribution >= 0.6 is 23.9 Å². The normalized spacial score (nSPS) is 12.0. The lowest BCUT2D eigenvalue weighted by Gasteiger charge is -2.11. The molecular formula is C10H19FN2OS2. The average Bonchev–Trinajstić information content (AvgIpc) is 2.21. The monoisotopic (exact) mass is 266 g/mol. The van der Waals surface area contributed by atoms with Crippen LogP contribution in [0, 0.1) is 5.92 Å². The Kier molecular flexibility index (Phi) is 8.74. The zero-order valence-electron chi connectivity index (χ0n) is 10.2. The van der Waals surface area contributed by atoms with Crippen molar-refractivity contribution >= 4 is 35.1 Å². The van der Waals surface area contributed by atoms with Gasteiger partial charge in [0.15, 0.2) is 0 Å². The maximum absolute atomic E-state index is 12.2. The summed E-state index contributed by atoms with van der Waals surface area (Å²) in [5.74, 6) is 1.32. The summed E-state index contributed by atoms with van der Waals surface area (Å²) in [6.45, 7) is 6.21. The maximum Gasteiger partial charge on any atom is 0.411 e. The molecule has 6 heteroatoms. The molecule has 0 rings (SSSR count). The molecule has 0 fully saturated rings. The highest BCUT2D eigenvalue weighted by Crippen LogP contribution is 2.20. The summed E-state index contributed by atoms with van der Waals surface area (Å²) >= 11 is 2.53. The van der Waals surface area contributed by atoms with E-state index >= 15 is 0 Å². The topological polar surface area (TPSA) is 32.7 Å². The second kappa shape index (κ2) is 8.87. The van der Waals surface area contributed by atoms with Gasteiger partial charge in [-0.25, -0.2) is 9.10 Å². The standard InChI is InChI=1S/C10H19FN2OS2/c1-5-6-7-15-9(8(2)3)12-16-13(4)10(11)14/h8H,5-7H2,1-4H3. The molecule has 94 valence electrons. The molecule has 0 aliphatic heterocycles. The van der Waals surface area contributed by atoms with Crippen LogP contribution in [-0.2, 0) is 0 Å². The van der Waals surface area contributed by atoms with Gasteiger partial charge in [-0.15, -0.1) is 16.2 Å². The Morgan fingerprint density at radius 2 is 2.12 bits per heavy atom. The molecule has 0 unspecified atom stereocenters. The quantitative estimate of drug-likeness (QED) is 0.181. The highest BCUT2D eigenvalue weighted by molar-refractivity contribution is 8.14. The summed E-state index contributed by atoms with van der Waals surface area (Å²) in [6.07, 6.45) is 0.809. The maximum atomic E-state index is 12.2. The molecule has 0 heterocycles. The second-order valence-electron chi connectivity index (χ2n) is 3.62. The molecule has 0 aliphatic carbocycles. The van der Waals surface area contributed by atoms with Crippen molar-refractivity contribution < 1.29 is 9.18 Å². The van der Waals surface area contributed by atoms with Crippen molar-refractivity contribution in [2.45, 2.75) is 33.6 Å². The van der Waals surface area contributed by atoms with E-state index in [2.05, 4.69) is 11.3 Å². The first-order valence-electron chi connectivity index (χ1n) is 5.30. The van der Waals surface area contributed by atoms with Crippen molar-refractivity contribution in [2.24, 2.45) is 10.3 Å². The molecule has 0 aromatic rings. The fraction of sp³-hybridized carbons (Fsp3) is 0.800. The molecule has 0 spiro atoms. The van der Waals surface area contributed by atoms with Gasteiger partial charge in [-0.3, -0.25) is 0 Å². The number of halogens is 1. The lowest BCUT2D eigenvalue weighted by molar-refractivity contribution is 0.209. The molecule has 0 saturated heterocycles. The van der Waals surface area contributed by atoms with Crippen LogP contribution in [0.1, 0.15) is 33.6 Å². The Morgan fingerprint density at radius 1 is 1.50 bits per heavy atom. The molecule has 0 radical (unpaired) electrons. The summed E-state index contributed by atoms with van der Waals surface area (Å²) in [5.41, 5.74) is 0. The molecule has 0 atom stereocenters. The zero-order valence-corrected chi connectivity index (χ0v) is 11.8. The molecular weight excluding hydrogens is 247 g/mol. The highest BCUT2D eigenvalue weighted by atomic mass is 32.2. The third kappa shape index (κ3) is 7.11. The summed E-state index contributed by atoms with van der Waals surface area (Å²) in [5, 5.41) is 0.951. The van der Waals surface area contributed by atoms with Crippen LogP contribution in [0.5, 0.6) is 0 Å². The van der Waals surface area contributed by atoms with Gasteiger partial charge in [0, 0.05) is 13.0 Å². The number of carbonyl (C=O) groups is 1. The fourth-order valence-corrected chi connectivity index (χ4v) is 2.52. The van der Waals surface area contributed by atoms with Gasteiger partial charge in [-0.1, -0.05) is 27.2 Å². The molecule has 0 aromatic carbocycles. The predicted octanol–water partition coefficient (Wildman–Crippen LogP) is 4.16. The first-order chi connectivity index (χ1) is 7.49. The third-order valence-corrected chi connectivity index (χ3v) is 3.88. The number of nitrogens with zero attached hydrogens (tertiary/aromatic N) is 2. The van der Waals surface area contributed by atoms with Gasteiger partial charge in [-0.2, -0.15) is 4.40 Å². The van der Waals surface area contributed by atoms with E-state index < -0.39 is 6.16 Å². The van der Waals surface area contributed by atoms with Crippen molar-refractivity contribution in [2.75, 3.05) is 12.8 Å². The minimum atomic E-state index is -1.48. The van der Waals surface area contributed by atoms with E-state index in [4.69, 9.17) is 0 Å². The number of hydrogen-bond acceptors (Lipinski definition) is 4. The molecule has 16 heavy (non-hydrogen) atoms. The SMILES string of the molecule is CCCCSC(=NSN(C)C(=O)F)C(C)C. The van der Waals surface area contributed by atoms with Crippen molar-refractivity contribution in [3.05, 3.63) is 0 Å². The van der Waals surface area contributed by atoms with Gasteiger partial charge in [-0.05, 0) is 12.2 Å². The molecule has 0 N–H and O–H groups in total. The second-order valence-corrected chi connectivity index (χ2v) is 5.63. The van der Waals surface area contributed by atoms with Crippen molar-refractivity contribution in [3.8, 4) is 0 Å². The smallest absolute Gasteiger partial charge is 0.242 e. The van der Waals surface area contributed by atoms with Crippen molar-refractivity contribution in [1.29, 1.82) is 0 Å². The van der Waals surface area contributed by atoms with Gasteiger partial charge in [0.05, 0.1) is 17.2 Å². The Hall–Kier alpha value is -0.230. The number of carbonyl (C=O) groups excluding carboxylic acids is 1. The van der Waals surface area contributed by atoms with Crippen LogP contribution in [0.4, 0.5) is 9.18 Å². The largest absolute Gasteiger partial charge is 0.411 e. The van der Waals surface area contributed by atoms with Crippen molar-refractivity contribution in [3.63, 3.8) is 0 Å². The number of rotatable bonds is 6. The van der Waals surface area contributed by atoms with Gasteiger partial charge in [0.2, 0.25) is 0 Å². The van der Waals surface area contributed by atoms with Crippen LogP contribution in [-0.4, -0.2) is 28.3 Å². The van der Waals surface area contributed by atoms with Crippen LogP contribution in [0.25, 0.3) is 0 Å². The lowest BCUT2D eigenvalue weighted by Crippen LogP contribution is -2.12. The van der Waals surface area contributed by atoms with Crippen LogP contribution in [0.3, 0.4) is 0 Å². The Balaban J connectivity index is 4.18. The minimum Gasteiger partial charge on any atom is -0.242 e. The average molecular weight is 266 g/mol.